The van der Waals surface area contributed by atoms with E-state index in [4.69, 9.17) is 4.74 Å². The van der Waals surface area contributed by atoms with Gasteiger partial charge in [-0.15, -0.1) is 11.3 Å². The molecule has 0 saturated heterocycles. The molecule has 1 atom stereocenters. The lowest BCUT2D eigenvalue weighted by Crippen LogP contribution is -2.45. The van der Waals surface area contributed by atoms with Crippen LogP contribution in [0.1, 0.15) is 40.5 Å². The smallest absolute Gasteiger partial charge is 0.265 e. The number of carbonyl (C=O) groups is 2. The fraction of sp³-hybridized carbons (Fsp3) is 0.280. The van der Waals surface area contributed by atoms with Crippen molar-refractivity contribution >= 4 is 28.8 Å². The van der Waals surface area contributed by atoms with Crippen LogP contribution in [0.3, 0.4) is 0 Å². The number of hydrogen-bond donors (Lipinski definition) is 1. The van der Waals surface area contributed by atoms with Gasteiger partial charge in [-0.1, -0.05) is 36.4 Å². The van der Waals surface area contributed by atoms with Crippen LogP contribution in [0, 0.1) is 0 Å². The molecule has 2 heterocycles. The maximum absolute atomic E-state index is 13.1. The molecule has 158 valence electrons. The van der Waals surface area contributed by atoms with Crippen LogP contribution < -0.4 is 15.0 Å². The number of thiophene rings is 1. The van der Waals surface area contributed by atoms with Gasteiger partial charge in [0.15, 0.2) is 6.61 Å². The number of anilines is 1. The maximum Gasteiger partial charge on any atom is 0.265 e. The predicted molar refractivity (Wildman–Crippen MR) is 122 cm³/mol. The van der Waals surface area contributed by atoms with Gasteiger partial charge in [0.1, 0.15) is 12.3 Å². The summed E-state index contributed by atoms with van der Waals surface area (Å²) in [5.41, 5.74) is 4.53. The fourth-order valence-electron chi connectivity index (χ4n) is 4.38. The number of hydrogen-bond acceptors (Lipinski definition) is 4. The van der Waals surface area contributed by atoms with Crippen LogP contribution in [0.2, 0.25) is 0 Å². The topological polar surface area (TPSA) is 58.6 Å². The number of rotatable bonds is 5. The molecular weight excluding hydrogens is 408 g/mol. The second-order valence-electron chi connectivity index (χ2n) is 7.99. The van der Waals surface area contributed by atoms with Crippen molar-refractivity contribution in [1.29, 1.82) is 0 Å². The van der Waals surface area contributed by atoms with E-state index in [-0.39, 0.29) is 31.0 Å². The zero-order chi connectivity index (χ0) is 21.2. The first-order valence-corrected chi connectivity index (χ1v) is 11.5. The van der Waals surface area contributed by atoms with Gasteiger partial charge in [0.25, 0.3) is 5.91 Å². The molecule has 31 heavy (non-hydrogen) atoms. The van der Waals surface area contributed by atoms with E-state index in [1.54, 1.807) is 17.4 Å². The molecule has 1 aromatic heterocycles. The van der Waals surface area contributed by atoms with Gasteiger partial charge in [-0.3, -0.25) is 14.5 Å². The number of nitrogens with one attached hydrogen (secondary N) is 1. The molecule has 2 aliphatic rings. The van der Waals surface area contributed by atoms with Gasteiger partial charge in [-0.2, -0.15) is 0 Å². The minimum absolute atomic E-state index is 0.0357. The first-order chi connectivity index (χ1) is 15.2. The minimum Gasteiger partial charge on any atom is -0.482 e. The van der Waals surface area contributed by atoms with E-state index in [0.717, 1.165) is 23.3 Å². The Labute approximate surface area is 185 Å². The Morgan fingerprint density at radius 2 is 1.90 bits per heavy atom. The average molecular weight is 433 g/mol. The number of ether oxygens (including phenoxy) is 1. The highest BCUT2D eigenvalue weighted by atomic mass is 32.1. The summed E-state index contributed by atoms with van der Waals surface area (Å²) in [6, 6.07) is 17.7. The third-order valence-corrected chi connectivity index (χ3v) is 6.89. The molecule has 6 heteroatoms. The minimum atomic E-state index is -0.230. The van der Waals surface area contributed by atoms with Crippen molar-refractivity contribution in [1.82, 2.24) is 5.32 Å². The van der Waals surface area contributed by atoms with E-state index in [2.05, 4.69) is 23.5 Å². The zero-order valence-corrected chi connectivity index (χ0v) is 18.0. The lowest BCUT2D eigenvalue weighted by Gasteiger charge is -2.29. The Bertz CT molecular complexity index is 1110. The number of carbonyl (C=O) groups excluding carboxylic acids is 2. The molecule has 0 fully saturated rings. The Balaban J connectivity index is 1.39. The number of nitrogens with zero attached hydrogens (tertiary/aromatic N) is 1. The van der Waals surface area contributed by atoms with Crippen LogP contribution >= 0.6 is 11.3 Å². The van der Waals surface area contributed by atoms with E-state index in [0.29, 0.717) is 11.4 Å². The SMILES string of the molecule is O=C(CN1C(=O)COc2ccccc21)NC(c1ccc2c(c1)CCCC2)c1cccs1. The van der Waals surface area contributed by atoms with E-state index in [9.17, 15) is 9.59 Å². The first-order valence-electron chi connectivity index (χ1n) is 10.7. The Morgan fingerprint density at radius 3 is 2.74 bits per heavy atom. The highest BCUT2D eigenvalue weighted by molar-refractivity contribution is 7.10. The predicted octanol–water partition coefficient (Wildman–Crippen LogP) is 4.26. The molecular formula is C25H24N2O3S. The van der Waals surface area contributed by atoms with Crippen LogP contribution in [0.4, 0.5) is 5.69 Å². The van der Waals surface area contributed by atoms with Crippen LogP contribution in [-0.4, -0.2) is 25.0 Å². The molecule has 5 rings (SSSR count). The molecule has 2 amide bonds. The van der Waals surface area contributed by atoms with Crippen LogP contribution in [0.5, 0.6) is 5.75 Å². The zero-order valence-electron chi connectivity index (χ0n) is 17.2. The van der Waals surface area contributed by atoms with Crippen molar-refractivity contribution in [3.8, 4) is 5.75 Å². The Morgan fingerprint density at radius 1 is 1.06 bits per heavy atom. The van der Waals surface area contributed by atoms with Gasteiger partial charge in [0.2, 0.25) is 5.91 Å². The number of benzene rings is 2. The molecule has 5 nitrogen and oxygen atoms in total. The molecule has 2 aromatic carbocycles. The third kappa shape index (κ3) is 4.08. The standard InChI is InChI=1S/C25H24N2O3S/c28-23(15-27-20-8-3-4-9-21(20)30-16-24(27)29)26-25(22-10-5-13-31-22)19-12-11-17-6-1-2-7-18(17)14-19/h3-5,8-14,25H,1-2,6-7,15-16H2,(H,26,28). The van der Waals surface area contributed by atoms with E-state index >= 15 is 0 Å². The highest BCUT2D eigenvalue weighted by Crippen LogP contribution is 2.32. The summed E-state index contributed by atoms with van der Waals surface area (Å²) in [6.07, 6.45) is 4.68. The van der Waals surface area contributed by atoms with E-state index < -0.39 is 0 Å². The Hall–Kier alpha value is -3.12. The summed E-state index contributed by atoms with van der Waals surface area (Å²) in [6.45, 7) is -0.0878. The molecule has 3 aromatic rings. The van der Waals surface area contributed by atoms with E-state index in [1.807, 2.05) is 35.7 Å². The molecule has 0 radical (unpaired) electrons. The lowest BCUT2D eigenvalue weighted by molar-refractivity contribution is -0.125. The van der Waals surface area contributed by atoms with Crippen LogP contribution in [0.25, 0.3) is 0 Å². The fourth-order valence-corrected chi connectivity index (χ4v) is 5.19. The number of fused-ring (bicyclic) bond motifs is 2. The summed E-state index contributed by atoms with van der Waals surface area (Å²) in [5, 5.41) is 5.20. The highest BCUT2D eigenvalue weighted by Gasteiger charge is 2.28. The summed E-state index contributed by atoms with van der Waals surface area (Å²) in [5.74, 6) is 0.218. The maximum atomic E-state index is 13.1. The number of para-hydroxylation sites is 2. The van der Waals surface area contributed by atoms with Crippen molar-refractivity contribution in [3.05, 3.63) is 81.5 Å². The first kappa shape index (κ1) is 19.8. The van der Waals surface area contributed by atoms with Gasteiger partial charge < -0.3 is 10.1 Å². The molecule has 1 N–H and O–H groups in total. The summed E-state index contributed by atoms with van der Waals surface area (Å²) in [4.78, 5) is 28.1. The van der Waals surface area contributed by atoms with Crippen LogP contribution in [-0.2, 0) is 22.4 Å². The molecule has 1 aliphatic carbocycles. The summed E-state index contributed by atoms with van der Waals surface area (Å²) < 4.78 is 5.49. The van der Waals surface area contributed by atoms with Gasteiger partial charge in [0.05, 0.1) is 11.7 Å². The van der Waals surface area contributed by atoms with E-state index in [1.165, 1.54) is 28.9 Å². The second kappa shape index (κ2) is 8.55. The Kier molecular flexibility index (Phi) is 5.47. The molecule has 1 aliphatic heterocycles. The van der Waals surface area contributed by atoms with Gasteiger partial charge >= 0.3 is 0 Å². The van der Waals surface area contributed by atoms with Crippen molar-refractivity contribution < 1.29 is 14.3 Å². The molecule has 0 saturated carbocycles. The normalized spacial score (nSPS) is 16.1. The number of amides is 2. The molecule has 1 unspecified atom stereocenters. The van der Waals surface area contributed by atoms with Crippen molar-refractivity contribution in [3.63, 3.8) is 0 Å². The summed E-state index contributed by atoms with van der Waals surface area (Å²) in [7, 11) is 0. The third-order valence-electron chi connectivity index (χ3n) is 5.95. The lowest BCUT2D eigenvalue weighted by atomic mass is 9.89. The average Bonchev–Trinajstić information content (AvgIpc) is 3.34. The van der Waals surface area contributed by atoms with Gasteiger partial charge in [-0.05, 0) is 66.0 Å². The van der Waals surface area contributed by atoms with Crippen molar-refractivity contribution in [2.75, 3.05) is 18.1 Å². The monoisotopic (exact) mass is 432 g/mol. The van der Waals surface area contributed by atoms with Crippen molar-refractivity contribution in [2.45, 2.75) is 31.7 Å². The molecule has 0 spiro atoms. The van der Waals surface area contributed by atoms with Crippen molar-refractivity contribution in [2.24, 2.45) is 0 Å². The summed E-state index contributed by atoms with van der Waals surface area (Å²) >= 11 is 1.63. The van der Waals surface area contributed by atoms with Gasteiger partial charge in [0, 0.05) is 4.88 Å². The molecule has 0 bridgehead atoms. The second-order valence-corrected chi connectivity index (χ2v) is 8.97. The van der Waals surface area contributed by atoms with Crippen LogP contribution in [0.15, 0.2) is 60.0 Å². The van der Waals surface area contributed by atoms with Gasteiger partial charge in [-0.25, -0.2) is 0 Å². The number of aryl methyl sites for hydroxylation is 2. The largest absolute Gasteiger partial charge is 0.482 e. The quantitative estimate of drug-likeness (QED) is 0.656.